The molecule has 4 heteroatoms. The topological polar surface area (TPSA) is 35.5 Å². The maximum atomic E-state index is 11.9. The van der Waals surface area contributed by atoms with Crippen molar-refractivity contribution in [1.29, 1.82) is 0 Å². The lowest BCUT2D eigenvalue weighted by molar-refractivity contribution is -0.158. The molecule has 2 atom stereocenters. The SMILES string of the molecule is CCOC(=O)[C@H]1CCCO[C@@H]1c1ccc(Br)cc1. The van der Waals surface area contributed by atoms with Crippen molar-refractivity contribution < 1.29 is 14.3 Å². The number of ether oxygens (including phenoxy) is 2. The first-order valence-electron chi connectivity index (χ1n) is 6.26. The molecular formula is C14H17BrO3. The van der Waals surface area contributed by atoms with Gasteiger partial charge in [0.1, 0.15) is 0 Å². The molecule has 0 amide bonds. The lowest BCUT2D eigenvalue weighted by atomic mass is 9.89. The molecule has 98 valence electrons. The Morgan fingerprint density at radius 3 is 2.83 bits per heavy atom. The number of rotatable bonds is 3. The van der Waals surface area contributed by atoms with Crippen LogP contribution in [0, 0.1) is 5.92 Å². The summed E-state index contributed by atoms with van der Waals surface area (Å²) in [7, 11) is 0. The Bertz CT molecular complexity index is 402. The van der Waals surface area contributed by atoms with Crippen molar-refractivity contribution in [2.24, 2.45) is 5.92 Å². The van der Waals surface area contributed by atoms with E-state index in [-0.39, 0.29) is 18.0 Å². The van der Waals surface area contributed by atoms with Crippen LogP contribution < -0.4 is 0 Å². The Balaban J connectivity index is 2.17. The van der Waals surface area contributed by atoms with Gasteiger partial charge in [-0.15, -0.1) is 0 Å². The van der Waals surface area contributed by atoms with E-state index in [1.165, 1.54) is 0 Å². The number of carbonyl (C=O) groups is 1. The van der Waals surface area contributed by atoms with Crippen molar-refractivity contribution in [3.8, 4) is 0 Å². The van der Waals surface area contributed by atoms with Gasteiger partial charge in [-0.1, -0.05) is 28.1 Å². The van der Waals surface area contributed by atoms with E-state index in [0.717, 1.165) is 22.9 Å². The lowest BCUT2D eigenvalue weighted by Crippen LogP contribution is -2.30. The highest BCUT2D eigenvalue weighted by atomic mass is 79.9. The normalized spacial score (nSPS) is 23.7. The first kappa shape index (κ1) is 13.6. The quantitative estimate of drug-likeness (QED) is 0.802. The number of esters is 1. The second-order valence-corrected chi connectivity index (χ2v) is 5.26. The highest BCUT2D eigenvalue weighted by Gasteiger charge is 2.34. The van der Waals surface area contributed by atoms with Crippen molar-refractivity contribution >= 4 is 21.9 Å². The Hall–Kier alpha value is -0.870. The van der Waals surface area contributed by atoms with Crippen LogP contribution in [0.3, 0.4) is 0 Å². The average molecular weight is 313 g/mol. The fourth-order valence-electron chi connectivity index (χ4n) is 2.25. The second kappa shape index (κ2) is 6.34. The van der Waals surface area contributed by atoms with Gasteiger partial charge in [0, 0.05) is 11.1 Å². The highest BCUT2D eigenvalue weighted by molar-refractivity contribution is 9.10. The number of hydrogen-bond acceptors (Lipinski definition) is 3. The number of halogens is 1. The van der Waals surface area contributed by atoms with Gasteiger partial charge in [-0.3, -0.25) is 4.79 Å². The fraction of sp³-hybridized carbons (Fsp3) is 0.500. The third-order valence-electron chi connectivity index (χ3n) is 3.11. The molecule has 3 nitrogen and oxygen atoms in total. The first-order valence-corrected chi connectivity index (χ1v) is 7.05. The zero-order valence-corrected chi connectivity index (χ0v) is 12.0. The molecule has 0 N–H and O–H groups in total. The summed E-state index contributed by atoms with van der Waals surface area (Å²) in [5, 5.41) is 0. The second-order valence-electron chi connectivity index (χ2n) is 4.34. The molecule has 0 spiro atoms. The van der Waals surface area contributed by atoms with Crippen LogP contribution in [0.2, 0.25) is 0 Å². The third-order valence-corrected chi connectivity index (χ3v) is 3.64. The molecule has 2 rings (SSSR count). The van der Waals surface area contributed by atoms with Crippen LogP contribution in [0.1, 0.15) is 31.4 Å². The lowest BCUT2D eigenvalue weighted by Gasteiger charge is -2.30. The third kappa shape index (κ3) is 3.12. The molecule has 0 bridgehead atoms. The Morgan fingerprint density at radius 1 is 1.44 bits per heavy atom. The smallest absolute Gasteiger partial charge is 0.311 e. The summed E-state index contributed by atoms with van der Waals surface area (Å²) < 4.78 is 11.9. The summed E-state index contributed by atoms with van der Waals surface area (Å²) in [5.41, 5.74) is 1.04. The largest absolute Gasteiger partial charge is 0.466 e. The Morgan fingerprint density at radius 2 is 2.17 bits per heavy atom. The van der Waals surface area contributed by atoms with E-state index in [0.29, 0.717) is 13.2 Å². The van der Waals surface area contributed by atoms with Crippen molar-refractivity contribution in [3.05, 3.63) is 34.3 Å². The number of hydrogen-bond donors (Lipinski definition) is 0. The van der Waals surface area contributed by atoms with Gasteiger partial charge in [-0.2, -0.15) is 0 Å². The summed E-state index contributed by atoms with van der Waals surface area (Å²) in [5.74, 6) is -0.329. The van der Waals surface area contributed by atoms with E-state index in [1.807, 2.05) is 31.2 Å². The molecule has 0 aliphatic carbocycles. The molecule has 0 unspecified atom stereocenters. The maximum absolute atomic E-state index is 11.9. The molecular weight excluding hydrogens is 296 g/mol. The summed E-state index contributed by atoms with van der Waals surface area (Å²) >= 11 is 3.41. The zero-order chi connectivity index (χ0) is 13.0. The van der Waals surface area contributed by atoms with Crippen LogP contribution in [0.5, 0.6) is 0 Å². The molecule has 18 heavy (non-hydrogen) atoms. The van der Waals surface area contributed by atoms with Gasteiger partial charge in [0.05, 0.1) is 18.6 Å². The van der Waals surface area contributed by atoms with E-state index in [4.69, 9.17) is 9.47 Å². The summed E-state index contributed by atoms with van der Waals surface area (Å²) in [6.07, 6.45) is 1.57. The fourth-order valence-corrected chi connectivity index (χ4v) is 2.52. The van der Waals surface area contributed by atoms with Crippen molar-refractivity contribution in [2.75, 3.05) is 13.2 Å². The van der Waals surface area contributed by atoms with Crippen LogP contribution in [0.4, 0.5) is 0 Å². The molecule has 0 aromatic heterocycles. The average Bonchev–Trinajstić information content (AvgIpc) is 2.40. The number of carbonyl (C=O) groups excluding carboxylic acids is 1. The minimum Gasteiger partial charge on any atom is -0.466 e. The minimum absolute atomic E-state index is 0.148. The maximum Gasteiger partial charge on any atom is 0.311 e. The zero-order valence-electron chi connectivity index (χ0n) is 10.4. The Kier molecular flexibility index (Phi) is 4.78. The van der Waals surface area contributed by atoms with Gasteiger partial charge in [0.25, 0.3) is 0 Å². The summed E-state index contributed by atoms with van der Waals surface area (Å²) in [6, 6.07) is 7.92. The van der Waals surface area contributed by atoms with E-state index in [2.05, 4.69) is 15.9 Å². The summed E-state index contributed by atoms with van der Waals surface area (Å²) in [6.45, 7) is 2.95. The van der Waals surface area contributed by atoms with E-state index >= 15 is 0 Å². The van der Waals surface area contributed by atoms with Gasteiger partial charge in [-0.05, 0) is 37.5 Å². The molecule has 1 saturated heterocycles. The van der Waals surface area contributed by atoms with Gasteiger partial charge in [-0.25, -0.2) is 0 Å². The van der Waals surface area contributed by atoms with Crippen LogP contribution in [-0.4, -0.2) is 19.2 Å². The van der Waals surface area contributed by atoms with E-state index < -0.39 is 0 Å². The molecule has 1 aromatic carbocycles. The van der Waals surface area contributed by atoms with Gasteiger partial charge < -0.3 is 9.47 Å². The Labute approximate surface area is 116 Å². The van der Waals surface area contributed by atoms with Crippen LogP contribution >= 0.6 is 15.9 Å². The van der Waals surface area contributed by atoms with Gasteiger partial charge in [0.2, 0.25) is 0 Å². The standard InChI is InChI=1S/C14H17BrO3/c1-2-17-14(16)12-4-3-9-18-13(12)10-5-7-11(15)8-6-10/h5-8,12-13H,2-4,9H2,1H3/t12-,13+/m0/s1. The first-order chi connectivity index (χ1) is 8.72. The molecule has 1 aliphatic rings. The van der Waals surface area contributed by atoms with Crippen molar-refractivity contribution in [2.45, 2.75) is 25.9 Å². The molecule has 0 saturated carbocycles. The van der Waals surface area contributed by atoms with E-state index in [9.17, 15) is 4.79 Å². The number of benzene rings is 1. The van der Waals surface area contributed by atoms with Crippen molar-refractivity contribution in [1.82, 2.24) is 0 Å². The minimum atomic E-state index is -0.181. The molecule has 1 heterocycles. The summed E-state index contributed by atoms with van der Waals surface area (Å²) in [4.78, 5) is 11.9. The van der Waals surface area contributed by atoms with Gasteiger partial charge >= 0.3 is 5.97 Å². The monoisotopic (exact) mass is 312 g/mol. The van der Waals surface area contributed by atoms with E-state index in [1.54, 1.807) is 0 Å². The predicted octanol–water partition coefficient (Wildman–Crippen LogP) is 3.48. The van der Waals surface area contributed by atoms with Gasteiger partial charge in [0.15, 0.2) is 0 Å². The molecule has 1 fully saturated rings. The van der Waals surface area contributed by atoms with Crippen molar-refractivity contribution in [3.63, 3.8) is 0 Å². The molecule has 1 aromatic rings. The van der Waals surface area contributed by atoms with Crippen LogP contribution in [0.15, 0.2) is 28.7 Å². The van der Waals surface area contributed by atoms with Crippen LogP contribution in [0.25, 0.3) is 0 Å². The highest BCUT2D eigenvalue weighted by Crippen LogP contribution is 2.34. The molecule has 1 aliphatic heterocycles. The molecule has 0 radical (unpaired) electrons. The predicted molar refractivity (Wildman–Crippen MR) is 72.2 cm³/mol. The van der Waals surface area contributed by atoms with Crippen LogP contribution in [-0.2, 0) is 14.3 Å².